The van der Waals surface area contributed by atoms with Crippen molar-refractivity contribution in [2.24, 2.45) is 0 Å². The number of alkyl halides is 1. The van der Waals surface area contributed by atoms with Crippen molar-refractivity contribution in [3.63, 3.8) is 0 Å². The van der Waals surface area contributed by atoms with Crippen LogP contribution in [0, 0.1) is 0 Å². The second-order valence-electron chi connectivity index (χ2n) is 5.75. The highest BCUT2D eigenvalue weighted by Gasteiger charge is 2.14. The van der Waals surface area contributed by atoms with Crippen LogP contribution in [0.2, 0.25) is 0 Å². The number of hydrogen-bond acceptors (Lipinski definition) is 3. The van der Waals surface area contributed by atoms with Gasteiger partial charge in [0.25, 0.3) is 0 Å². The van der Waals surface area contributed by atoms with E-state index in [2.05, 4.69) is 35.0 Å². The molecule has 2 rings (SSSR count). The number of unbranched alkanes of at least 4 members (excludes halogenated alkanes) is 3. The Labute approximate surface area is 153 Å². The van der Waals surface area contributed by atoms with E-state index in [1.165, 1.54) is 19.3 Å². The Balaban J connectivity index is 2.24. The molecule has 24 heavy (non-hydrogen) atoms. The summed E-state index contributed by atoms with van der Waals surface area (Å²) in [7, 11) is 1.68. The molecule has 0 saturated carbocycles. The van der Waals surface area contributed by atoms with Crippen molar-refractivity contribution < 1.29 is 14.2 Å². The molecule has 0 aromatic heterocycles. The molecule has 0 amide bonds. The molecule has 132 valence electrons. The molecule has 3 nitrogen and oxygen atoms in total. The quantitative estimate of drug-likeness (QED) is 0.347. The molecule has 0 aliphatic heterocycles. The minimum atomic E-state index is 0.676. The van der Waals surface area contributed by atoms with E-state index >= 15 is 0 Å². The lowest BCUT2D eigenvalue weighted by Crippen LogP contribution is -2.03. The van der Waals surface area contributed by atoms with Gasteiger partial charge >= 0.3 is 0 Å². The fraction of sp³-hybridized carbons (Fsp3) is 0.500. The Hall–Kier alpha value is -1.42. The van der Waals surface area contributed by atoms with Crippen molar-refractivity contribution >= 4 is 26.7 Å². The third kappa shape index (κ3) is 5.04. The number of rotatable bonds is 11. The molecule has 0 bridgehead atoms. The zero-order valence-electron chi connectivity index (χ0n) is 14.6. The molecule has 0 spiro atoms. The normalized spacial score (nSPS) is 10.8. The first-order chi connectivity index (χ1) is 11.8. The monoisotopic (exact) mass is 394 g/mol. The SMILES string of the molecule is CCCCCCOc1c(OC)cc(OCCCBr)c2ccccc12. The zero-order valence-corrected chi connectivity index (χ0v) is 16.2. The summed E-state index contributed by atoms with van der Waals surface area (Å²) in [5.74, 6) is 2.40. The molecule has 4 heteroatoms. The van der Waals surface area contributed by atoms with E-state index in [9.17, 15) is 0 Å². The summed E-state index contributed by atoms with van der Waals surface area (Å²) >= 11 is 3.43. The molecule has 0 unspecified atom stereocenters. The van der Waals surface area contributed by atoms with Crippen molar-refractivity contribution in [3.05, 3.63) is 30.3 Å². The number of ether oxygens (including phenoxy) is 3. The number of methoxy groups -OCH3 is 1. The van der Waals surface area contributed by atoms with Gasteiger partial charge in [0.15, 0.2) is 11.5 Å². The van der Waals surface area contributed by atoms with E-state index in [-0.39, 0.29) is 0 Å². The van der Waals surface area contributed by atoms with Crippen LogP contribution >= 0.6 is 15.9 Å². The maximum absolute atomic E-state index is 6.08. The number of halogens is 1. The molecule has 0 aliphatic carbocycles. The van der Waals surface area contributed by atoms with E-state index in [4.69, 9.17) is 14.2 Å². The van der Waals surface area contributed by atoms with Crippen LogP contribution in [-0.2, 0) is 0 Å². The molecule has 0 N–H and O–H groups in total. The Kier molecular flexibility index (Phi) is 8.23. The Bertz CT molecular complexity index is 628. The van der Waals surface area contributed by atoms with Crippen LogP contribution in [0.5, 0.6) is 17.2 Å². The fourth-order valence-electron chi connectivity index (χ4n) is 2.65. The summed E-state index contributed by atoms with van der Waals surface area (Å²) in [6.07, 6.45) is 5.71. The average Bonchev–Trinajstić information content (AvgIpc) is 2.62. The van der Waals surface area contributed by atoms with Gasteiger partial charge in [0.2, 0.25) is 0 Å². The maximum atomic E-state index is 6.08. The van der Waals surface area contributed by atoms with Gasteiger partial charge in [-0.05, 0) is 12.8 Å². The summed E-state index contributed by atoms with van der Waals surface area (Å²) in [5, 5.41) is 3.04. The lowest BCUT2D eigenvalue weighted by molar-refractivity contribution is 0.285. The topological polar surface area (TPSA) is 27.7 Å². The molecule has 0 fully saturated rings. The maximum Gasteiger partial charge on any atom is 0.169 e. The van der Waals surface area contributed by atoms with Crippen molar-refractivity contribution in [1.82, 2.24) is 0 Å². The van der Waals surface area contributed by atoms with Crippen molar-refractivity contribution in [2.45, 2.75) is 39.0 Å². The third-order valence-corrected chi connectivity index (χ3v) is 4.48. The summed E-state index contributed by atoms with van der Waals surface area (Å²) in [6, 6.07) is 10.1. The largest absolute Gasteiger partial charge is 0.493 e. The Morgan fingerprint density at radius 1 is 0.875 bits per heavy atom. The average molecular weight is 395 g/mol. The molecule has 0 radical (unpaired) electrons. The molecule has 0 saturated heterocycles. The van der Waals surface area contributed by atoms with Crippen LogP contribution in [0.3, 0.4) is 0 Å². The van der Waals surface area contributed by atoms with E-state index < -0.39 is 0 Å². The molecular weight excluding hydrogens is 368 g/mol. The molecule has 2 aromatic carbocycles. The second-order valence-corrected chi connectivity index (χ2v) is 6.54. The molecule has 2 aromatic rings. The first kappa shape index (κ1) is 18.9. The lowest BCUT2D eigenvalue weighted by Gasteiger charge is -2.17. The van der Waals surface area contributed by atoms with Crippen LogP contribution < -0.4 is 14.2 Å². The number of hydrogen-bond donors (Lipinski definition) is 0. The van der Waals surface area contributed by atoms with Crippen LogP contribution in [0.1, 0.15) is 39.0 Å². The highest BCUT2D eigenvalue weighted by Crippen LogP contribution is 2.41. The standard InChI is InChI=1S/C20H27BrO3/c1-3-4-5-8-13-24-20-17-11-7-6-10-16(17)18(15-19(20)22-2)23-14-9-12-21/h6-7,10-11,15H,3-5,8-9,12-14H2,1-2H3. The smallest absolute Gasteiger partial charge is 0.169 e. The second kappa shape index (κ2) is 10.4. The summed E-state index contributed by atoms with van der Waals surface area (Å²) in [4.78, 5) is 0. The zero-order chi connectivity index (χ0) is 17.2. The predicted octanol–water partition coefficient (Wildman–Crippen LogP) is 5.97. The summed E-state index contributed by atoms with van der Waals surface area (Å²) < 4.78 is 17.6. The van der Waals surface area contributed by atoms with Gasteiger partial charge in [0, 0.05) is 22.2 Å². The van der Waals surface area contributed by atoms with Crippen LogP contribution in [0.4, 0.5) is 0 Å². The molecule has 0 atom stereocenters. The first-order valence-corrected chi connectivity index (χ1v) is 9.85. The van der Waals surface area contributed by atoms with Gasteiger partial charge in [-0.1, -0.05) is 66.4 Å². The van der Waals surface area contributed by atoms with Gasteiger partial charge in [-0.2, -0.15) is 0 Å². The number of fused-ring (bicyclic) bond motifs is 1. The van der Waals surface area contributed by atoms with E-state index in [1.807, 2.05) is 18.2 Å². The van der Waals surface area contributed by atoms with Crippen molar-refractivity contribution in [3.8, 4) is 17.2 Å². The summed E-state index contributed by atoms with van der Waals surface area (Å²) in [6.45, 7) is 3.60. The highest BCUT2D eigenvalue weighted by atomic mass is 79.9. The lowest BCUT2D eigenvalue weighted by atomic mass is 10.1. The van der Waals surface area contributed by atoms with E-state index in [0.717, 1.165) is 46.2 Å². The molecular formula is C20H27BrO3. The minimum Gasteiger partial charge on any atom is -0.493 e. The van der Waals surface area contributed by atoms with Gasteiger partial charge in [-0.3, -0.25) is 0 Å². The Morgan fingerprint density at radius 2 is 1.62 bits per heavy atom. The van der Waals surface area contributed by atoms with Gasteiger partial charge in [-0.15, -0.1) is 0 Å². The van der Waals surface area contributed by atoms with Crippen molar-refractivity contribution in [2.75, 3.05) is 25.7 Å². The van der Waals surface area contributed by atoms with E-state index in [0.29, 0.717) is 13.2 Å². The van der Waals surface area contributed by atoms with Gasteiger partial charge in [-0.25, -0.2) is 0 Å². The third-order valence-electron chi connectivity index (χ3n) is 3.92. The summed E-state index contributed by atoms with van der Waals surface area (Å²) in [5.41, 5.74) is 0. The van der Waals surface area contributed by atoms with Gasteiger partial charge in [0.1, 0.15) is 5.75 Å². The predicted molar refractivity (Wildman–Crippen MR) is 104 cm³/mol. The minimum absolute atomic E-state index is 0.676. The molecule has 0 heterocycles. The van der Waals surface area contributed by atoms with Crippen LogP contribution in [0.15, 0.2) is 30.3 Å². The van der Waals surface area contributed by atoms with Gasteiger partial charge in [0.05, 0.1) is 20.3 Å². The molecule has 0 aliphatic rings. The van der Waals surface area contributed by atoms with E-state index in [1.54, 1.807) is 7.11 Å². The highest BCUT2D eigenvalue weighted by molar-refractivity contribution is 9.09. The van der Waals surface area contributed by atoms with Crippen molar-refractivity contribution in [1.29, 1.82) is 0 Å². The van der Waals surface area contributed by atoms with Crippen LogP contribution in [0.25, 0.3) is 10.8 Å². The van der Waals surface area contributed by atoms with Gasteiger partial charge < -0.3 is 14.2 Å². The number of benzene rings is 2. The first-order valence-electron chi connectivity index (χ1n) is 8.73. The fourth-order valence-corrected chi connectivity index (χ4v) is 2.88. The van der Waals surface area contributed by atoms with Crippen LogP contribution in [-0.4, -0.2) is 25.7 Å². The Morgan fingerprint density at radius 3 is 2.33 bits per heavy atom.